The molecule has 2 aromatic rings. The van der Waals surface area contributed by atoms with Crippen LogP contribution in [0, 0.1) is 12.7 Å². The number of hydrogen-bond acceptors (Lipinski definition) is 2. The van der Waals surface area contributed by atoms with Gasteiger partial charge in [0.1, 0.15) is 5.82 Å². The van der Waals surface area contributed by atoms with Crippen molar-refractivity contribution in [3.05, 3.63) is 70.0 Å². The zero-order valence-electron chi connectivity index (χ0n) is 17.3. The van der Waals surface area contributed by atoms with Crippen LogP contribution in [0.1, 0.15) is 33.9 Å². The van der Waals surface area contributed by atoms with E-state index in [2.05, 4.69) is 10.6 Å². The summed E-state index contributed by atoms with van der Waals surface area (Å²) in [5, 5.41) is 5.52. The van der Waals surface area contributed by atoms with E-state index in [0.29, 0.717) is 36.3 Å². The molecule has 1 heterocycles. The van der Waals surface area contributed by atoms with E-state index in [4.69, 9.17) is 0 Å². The topological polar surface area (TPSA) is 44.4 Å². The van der Waals surface area contributed by atoms with Crippen LogP contribution in [0.15, 0.2) is 36.4 Å². The van der Waals surface area contributed by atoms with Gasteiger partial charge in [0, 0.05) is 26.2 Å². The number of piperazine rings is 1. The first-order chi connectivity index (χ1) is 14.9. The Morgan fingerprint density at radius 2 is 1.67 bits per heavy atom. The van der Waals surface area contributed by atoms with Crippen LogP contribution >= 0.6 is 12.4 Å². The molecule has 0 saturated carbocycles. The molecule has 33 heavy (non-hydrogen) atoms. The average molecular weight is 500 g/mol. The first-order valence-electron chi connectivity index (χ1n) is 9.66. The number of hydrogen-bond donors (Lipinski definition) is 2. The molecule has 4 nitrogen and oxygen atoms in total. The normalized spacial score (nSPS) is 16.8. The molecule has 182 valence electrons. The summed E-state index contributed by atoms with van der Waals surface area (Å²) < 4.78 is 91.6. The summed E-state index contributed by atoms with van der Waals surface area (Å²) in [4.78, 5) is 14.2. The highest BCUT2D eigenvalue weighted by atomic mass is 35.5. The van der Waals surface area contributed by atoms with Crippen molar-refractivity contribution < 1.29 is 35.5 Å². The number of halogens is 8. The molecule has 2 aromatic carbocycles. The van der Waals surface area contributed by atoms with Crippen molar-refractivity contribution in [1.82, 2.24) is 15.5 Å². The lowest BCUT2D eigenvalue weighted by Crippen LogP contribution is -2.52. The average Bonchev–Trinajstić information content (AvgIpc) is 2.70. The molecule has 3 rings (SSSR count). The van der Waals surface area contributed by atoms with Crippen molar-refractivity contribution in [2.45, 2.75) is 31.9 Å². The van der Waals surface area contributed by atoms with Gasteiger partial charge in [-0.05, 0) is 53.9 Å². The molecule has 0 aromatic heterocycles. The number of carbonyl (C=O) groups is 1. The predicted molar refractivity (Wildman–Crippen MR) is 109 cm³/mol. The number of benzene rings is 2. The molecule has 12 heteroatoms. The first kappa shape index (κ1) is 26.7. The van der Waals surface area contributed by atoms with Crippen molar-refractivity contribution in [3.63, 3.8) is 0 Å². The Balaban J connectivity index is 0.00000385. The van der Waals surface area contributed by atoms with Crippen molar-refractivity contribution in [2.24, 2.45) is 0 Å². The second kappa shape index (κ2) is 10.2. The van der Waals surface area contributed by atoms with Gasteiger partial charge in [0.25, 0.3) is 0 Å². The van der Waals surface area contributed by atoms with Gasteiger partial charge >= 0.3 is 18.4 Å². The van der Waals surface area contributed by atoms with Gasteiger partial charge in [0.05, 0.1) is 17.2 Å². The molecule has 0 bridgehead atoms. The molecule has 1 aliphatic rings. The van der Waals surface area contributed by atoms with E-state index in [1.54, 1.807) is 13.0 Å². The van der Waals surface area contributed by atoms with Gasteiger partial charge < -0.3 is 15.5 Å². The van der Waals surface area contributed by atoms with Crippen LogP contribution in [0.2, 0.25) is 0 Å². The number of nitrogens with one attached hydrogen (secondary N) is 2. The fourth-order valence-corrected chi connectivity index (χ4v) is 3.64. The lowest BCUT2D eigenvalue weighted by Gasteiger charge is -2.37. The molecule has 1 fully saturated rings. The minimum Gasteiger partial charge on any atom is -0.334 e. The lowest BCUT2D eigenvalue weighted by atomic mass is 9.98. The van der Waals surface area contributed by atoms with E-state index in [9.17, 15) is 35.5 Å². The fourth-order valence-electron chi connectivity index (χ4n) is 3.64. The van der Waals surface area contributed by atoms with E-state index in [0.717, 1.165) is 0 Å². The van der Waals surface area contributed by atoms with Gasteiger partial charge in [-0.15, -0.1) is 12.4 Å². The monoisotopic (exact) mass is 499 g/mol. The summed E-state index contributed by atoms with van der Waals surface area (Å²) in [7, 11) is 0. The Hall–Kier alpha value is -2.53. The van der Waals surface area contributed by atoms with Gasteiger partial charge in [0.15, 0.2) is 0 Å². The van der Waals surface area contributed by atoms with Gasteiger partial charge in [-0.3, -0.25) is 0 Å². The van der Waals surface area contributed by atoms with Gasteiger partial charge in [0.2, 0.25) is 0 Å². The standard InChI is InChI=1S/C21H20F7N3O.ClH/c1-12-6-16(22)2-3-17(12)18-11-29-4-5-31(18)19(32)30-10-13-7-14(20(23,24)25)9-15(8-13)21(26,27)28;/h2-3,6-9,18,29H,4-5,10-11H2,1H3,(H,30,32);1H. The van der Waals surface area contributed by atoms with Crippen molar-refractivity contribution >= 4 is 18.4 Å². The fraction of sp³-hybridized carbons (Fsp3) is 0.381. The SMILES string of the molecule is Cc1cc(F)ccc1C1CNCCN1C(=O)NCc1cc(C(F)(F)F)cc(C(F)(F)F)c1.Cl. The number of alkyl halides is 6. The molecule has 2 N–H and O–H groups in total. The molecule has 1 aliphatic heterocycles. The maximum Gasteiger partial charge on any atom is 0.416 e. The van der Waals surface area contributed by atoms with Crippen LogP contribution in [0.4, 0.5) is 35.5 Å². The van der Waals surface area contributed by atoms with E-state index in [1.165, 1.54) is 17.0 Å². The molecular formula is C21H21ClF7N3O. The summed E-state index contributed by atoms with van der Waals surface area (Å²) in [5.74, 6) is -0.434. The van der Waals surface area contributed by atoms with Crippen LogP contribution in [0.5, 0.6) is 0 Å². The highest BCUT2D eigenvalue weighted by molar-refractivity contribution is 5.85. The highest BCUT2D eigenvalue weighted by Gasteiger charge is 2.37. The third-order valence-electron chi connectivity index (χ3n) is 5.19. The third-order valence-corrected chi connectivity index (χ3v) is 5.19. The largest absolute Gasteiger partial charge is 0.416 e. The predicted octanol–water partition coefficient (Wildman–Crippen LogP) is 5.45. The minimum absolute atomic E-state index is 0. The maximum atomic E-state index is 13.4. The Labute approximate surface area is 191 Å². The summed E-state index contributed by atoms with van der Waals surface area (Å²) in [6, 6.07) is 4.20. The van der Waals surface area contributed by atoms with Crippen LogP contribution in [0.3, 0.4) is 0 Å². The third kappa shape index (κ3) is 6.50. The number of nitrogens with zero attached hydrogens (tertiary/aromatic N) is 1. The second-order valence-corrected chi connectivity index (χ2v) is 7.49. The maximum absolute atomic E-state index is 13.4. The first-order valence-corrected chi connectivity index (χ1v) is 9.66. The Bertz CT molecular complexity index is 963. The molecule has 0 aliphatic carbocycles. The number of amides is 2. The summed E-state index contributed by atoms with van der Waals surface area (Å²) in [6.45, 7) is 2.23. The zero-order valence-corrected chi connectivity index (χ0v) is 18.1. The molecule has 1 saturated heterocycles. The summed E-state index contributed by atoms with van der Waals surface area (Å²) >= 11 is 0. The minimum atomic E-state index is -4.97. The molecule has 0 radical (unpaired) electrons. The van der Waals surface area contributed by atoms with E-state index in [1.807, 2.05) is 0 Å². The number of carbonyl (C=O) groups excluding carboxylic acids is 1. The van der Waals surface area contributed by atoms with E-state index in [-0.39, 0.29) is 30.6 Å². The number of aryl methyl sites for hydroxylation is 1. The quantitative estimate of drug-likeness (QED) is 0.552. The van der Waals surface area contributed by atoms with Gasteiger partial charge in [-0.25, -0.2) is 9.18 Å². The second-order valence-electron chi connectivity index (χ2n) is 7.49. The molecule has 1 unspecified atom stereocenters. The molecule has 0 spiro atoms. The summed E-state index contributed by atoms with van der Waals surface area (Å²) in [5.41, 5.74) is -1.92. The number of rotatable bonds is 3. The number of urea groups is 1. The van der Waals surface area contributed by atoms with Crippen LogP contribution in [0.25, 0.3) is 0 Å². The lowest BCUT2D eigenvalue weighted by molar-refractivity contribution is -0.143. The zero-order chi connectivity index (χ0) is 23.7. The van der Waals surface area contributed by atoms with Crippen molar-refractivity contribution in [2.75, 3.05) is 19.6 Å². The highest BCUT2D eigenvalue weighted by Crippen LogP contribution is 2.36. The van der Waals surface area contributed by atoms with Crippen molar-refractivity contribution in [3.8, 4) is 0 Å². The van der Waals surface area contributed by atoms with Crippen molar-refractivity contribution in [1.29, 1.82) is 0 Å². The van der Waals surface area contributed by atoms with E-state index >= 15 is 0 Å². The molecule has 1 atom stereocenters. The molecular weight excluding hydrogens is 479 g/mol. The Kier molecular flexibility index (Phi) is 8.23. The summed E-state index contributed by atoms with van der Waals surface area (Å²) in [6.07, 6.45) is -9.94. The van der Waals surface area contributed by atoms with E-state index < -0.39 is 47.9 Å². The van der Waals surface area contributed by atoms with Gasteiger partial charge in [-0.1, -0.05) is 6.07 Å². The van der Waals surface area contributed by atoms with Crippen LogP contribution in [-0.2, 0) is 18.9 Å². The smallest absolute Gasteiger partial charge is 0.334 e. The Morgan fingerprint density at radius 3 is 2.21 bits per heavy atom. The molecule has 2 amide bonds. The van der Waals surface area contributed by atoms with Gasteiger partial charge in [-0.2, -0.15) is 26.3 Å². The van der Waals surface area contributed by atoms with Crippen LogP contribution in [-0.4, -0.2) is 30.6 Å². The van der Waals surface area contributed by atoms with Crippen LogP contribution < -0.4 is 10.6 Å². The Morgan fingerprint density at radius 1 is 1.06 bits per heavy atom.